The molecule has 6 rings (SSSR count). The fourth-order valence-corrected chi connectivity index (χ4v) is 11.6. The van der Waals surface area contributed by atoms with E-state index in [1.165, 1.54) is 57.8 Å². The van der Waals surface area contributed by atoms with Gasteiger partial charge in [-0.15, -0.1) is 6.58 Å². The largest absolute Gasteiger partial charge is 0.462 e. The lowest BCUT2D eigenvalue weighted by Crippen LogP contribution is -2.57. The Morgan fingerprint density at radius 2 is 1.61 bits per heavy atom. The number of ether oxygens (including phenoxy) is 3. The molecule has 1 aromatic carbocycles. The van der Waals surface area contributed by atoms with Gasteiger partial charge in [0.25, 0.3) is 0 Å². The predicted octanol–water partition coefficient (Wildman–Crippen LogP) is 9.47. The van der Waals surface area contributed by atoms with Crippen LogP contribution in [0.1, 0.15) is 120 Å². The summed E-state index contributed by atoms with van der Waals surface area (Å²) in [4.78, 5) is 25.0. The summed E-state index contributed by atoms with van der Waals surface area (Å²) in [6.45, 7) is 17.0. The van der Waals surface area contributed by atoms with Crippen molar-refractivity contribution in [3.05, 3.63) is 60.2 Å². The second-order valence-electron chi connectivity index (χ2n) is 16.4. The van der Waals surface area contributed by atoms with E-state index in [2.05, 4.69) is 53.3 Å². The zero-order valence-corrected chi connectivity index (χ0v) is 29.1. The SMILES string of the molecule is C=CCCOC(=O)c1ccc(C(=O)OCCO[C@@H]2C[C@H]3[C@@H]4CC[C@H]([C@H](C)/C=C\CC(C)C)[C@@]4(C)CC[C@@H]3[C@@]3(C)CC[C@@H]4C[C@]423)cc1. The van der Waals surface area contributed by atoms with Crippen LogP contribution in [0.25, 0.3) is 0 Å². The lowest BCUT2D eigenvalue weighted by molar-refractivity contribution is -0.170. The Kier molecular flexibility index (Phi) is 9.65. The third-order valence-corrected chi connectivity index (χ3v) is 13.8. The molecule has 0 heterocycles. The molecular formula is C41H58O5. The lowest BCUT2D eigenvalue weighted by atomic mass is 9.45. The Bertz CT molecular complexity index is 1300. The first-order valence-corrected chi connectivity index (χ1v) is 18.4. The highest BCUT2D eigenvalue weighted by molar-refractivity contribution is 5.93. The molecule has 0 aromatic heterocycles. The predicted molar refractivity (Wildman–Crippen MR) is 182 cm³/mol. The summed E-state index contributed by atoms with van der Waals surface area (Å²) in [5.74, 6) is 4.51. The van der Waals surface area contributed by atoms with Crippen molar-refractivity contribution < 1.29 is 23.8 Å². The Hall–Kier alpha value is -2.40. The number of allylic oxidation sites excluding steroid dienone is 2. The van der Waals surface area contributed by atoms with Gasteiger partial charge in [0, 0.05) is 5.41 Å². The smallest absolute Gasteiger partial charge is 0.338 e. The number of carbonyl (C=O) groups excluding carboxylic acids is 2. The van der Waals surface area contributed by atoms with Crippen molar-refractivity contribution in [1.29, 1.82) is 0 Å². The molecule has 46 heavy (non-hydrogen) atoms. The summed E-state index contributed by atoms with van der Waals surface area (Å²) in [5.41, 5.74) is 1.97. The number of hydrogen-bond donors (Lipinski definition) is 0. The van der Waals surface area contributed by atoms with Gasteiger partial charge in [-0.25, -0.2) is 9.59 Å². The van der Waals surface area contributed by atoms with Gasteiger partial charge in [0.2, 0.25) is 0 Å². The van der Waals surface area contributed by atoms with Crippen LogP contribution in [-0.2, 0) is 14.2 Å². The summed E-state index contributed by atoms with van der Waals surface area (Å²) in [6, 6.07) is 6.48. The van der Waals surface area contributed by atoms with Gasteiger partial charge in [0.15, 0.2) is 0 Å². The third kappa shape index (κ3) is 5.81. The van der Waals surface area contributed by atoms with E-state index in [4.69, 9.17) is 14.2 Å². The van der Waals surface area contributed by atoms with Gasteiger partial charge in [-0.1, -0.05) is 52.8 Å². The third-order valence-electron chi connectivity index (χ3n) is 13.8. The number of benzene rings is 1. The summed E-state index contributed by atoms with van der Waals surface area (Å²) < 4.78 is 17.7. The summed E-state index contributed by atoms with van der Waals surface area (Å²) in [5, 5.41) is 0. The van der Waals surface area contributed by atoms with Crippen molar-refractivity contribution >= 4 is 11.9 Å². The number of esters is 2. The molecule has 5 heteroatoms. The van der Waals surface area contributed by atoms with Crippen molar-refractivity contribution in [2.75, 3.05) is 19.8 Å². The molecular weight excluding hydrogens is 572 g/mol. The van der Waals surface area contributed by atoms with E-state index >= 15 is 0 Å². The van der Waals surface area contributed by atoms with E-state index < -0.39 is 5.97 Å². The molecule has 5 aliphatic carbocycles. The first kappa shape index (κ1) is 33.5. The van der Waals surface area contributed by atoms with E-state index in [1.807, 2.05) is 0 Å². The quantitative estimate of drug-likeness (QED) is 0.123. The van der Waals surface area contributed by atoms with Gasteiger partial charge in [-0.2, -0.15) is 0 Å². The molecule has 1 aromatic rings. The molecule has 5 aliphatic rings. The van der Waals surface area contributed by atoms with E-state index in [0.717, 1.165) is 35.5 Å². The molecule has 252 valence electrons. The average Bonchev–Trinajstić information content (AvgIpc) is 3.55. The van der Waals surface area contributed by atoms with Crippen molar-refractivity contribution in [3.63, 3.8) is 0 Å². The highest BCUT2D eigenvalue weighted by Gasteiger charge is 2.77. The molecule has 0 N–H and O–H groups in total. The van der Waals surface area contributed by atoms with Crippen LogP contribution in [0.4, 0.5) is 0 Å². The number of carbonyl (C=O) groups is 2. The van der Waals surface area contributed by atoms with Crippen LogP contribution < -0.4 is 0 Å². The normalized spacial score (nSPS) is 38.0. The monoisotopic (exact) mass is 630 g/mol. The minimum absolute atomic E-state index is 0.246. The molecule has 5 nitrogen and oxygen atoms in total. The van der Waals surface area contributed by atoms with Gasteiger partial charge in [-0.3, -0.25) is 0 Å². The van der Waals surface area contributed by atoms with Crippen molar-refractivity contribution in [2.45, 2.75) is 105 Å². The summed E-state index contributed by atoms with van der Waals surface area (Å²) in [6.07, 6.45) is 19.5. The molecule has 0 saturated heterocycles. The fourth-order valence-electron chi connectivity index (χ4n) is 11.6. The minimum atomic E-state index is -0.402. The number of rotatable bonds is 13. The Morgan fingerprint density at radius 1 is 0.913 bits per heavy atom. The molecule has 10 atom stereocenters. The van der Waals surface area contributed by atoms with E-state index in [0.29, 0.717) is 52.9 Å². The van der Waals surface area contributed by atoms with Crippen LogP contribution in [0.15, 0.2) is 49.1 Å². The van der Waals surface area contributed by atoms with E-state index in [-0.39, 0.29) is 18.7 Å². The maximum Gasteiger partial charge on any atom is 0.338 e. The molecule has 0 radical (unpaired) electrons. The fraction of sp³-hybridized carbons (Fsp3) is 0.707. The van der Waals surface area contributed by atoms with Crippen LogP contribution in [0, 0.1) is 57.7 Å². The van der Waals surface area contributed by atoms with Crippen LogP contribution in [-0.4, -0.2) is 37.9 Å². The summed E-state index contributed by atoms with van der Waals surface area (Å²) >= 11 is 0. The van der Waals surface area contributed by atoms with Crippen LogP contribution in [0.5, 0.6) is 0 Å². The van der Waals surface area contributed by atoms with Crippen LogP contribution >= 0.6 is 0 Å². The highest BCUT2D eigenvalue weighted by atomic mass is 16.6. The van der Waals surface area contributed by atoms with Crippen molar-refractivity contribution in [3.8, 4) is 0 Å². The second-order valence-corrected chi connectivity index (χ2v) is 16.4. The lowest BCUT2D eigenvalue weighted by Gasteiger charge is -2.61. The first-order valence-electron chi connectivity index (χ1n) is 18.4. The number of fused-ring (bicyclic) bond motifs is 4. The van der Waals surface area contributed by atoms with Gasteiger partial charge < -0.3 is 14.2 Å². The molecule has 5 fully saturated rings. The van der Waals surface area contributed by atoms with Crippen molar-refractivity contribution in [1.82, 2.24) is 0 Å². The Labute approximate surface area is 277 Å². The molecule has 0 amide bonds. The molecule has 1 spiro atoms. The Balaban J connectivity index is 1.07. The highest BCUT2D eigenvalue weighted by Crippen LogP contribution is 2.82. The van der Waals surface area contributed by atoms with Crippen LogP contribution in [0.2, 0.25) is 0 Å². The average molecular weight is 631 g/mol. The molecule has 0 unspecified atom stereocenters. The topological polar surface area (TPSA) is 61.8 Å². The van der Waals surface area contributed by atoms with Gasteiger partial charge in [0.05, 0.1) is 30.4 Å². The van der Waals surface area contributed by atoms with Gasteiger partial charge in [0.1, 0.15) is 6.61 Å². The molecule has 0 bridgehead atoms. The minimum Gasteiger partial charge on any atom is -0.462 e. The van der Waals surface area contributed by atoms with Crippen molar-refractivity contribution in [2.24, 2.45) is 57.7 Å². The second kappa shape index (κ2) is 13.2. The van der Waals surface area contributed by atoms with Gasteiger partial charge >= 0.3 is 11.9 Å². The maximum absolute atomic E-state index is 12.8. The van der Waals surface area contributed by atoms with E-state index in [1.54, 1.807) is 30.3 Å². The molecule has 0 aliphatic heterocycles. The Morgan fingerprint density at radius 3 is 2.26 bits per heavy atom. The first-order chi connectivity index (χ1) is 22.0. The molecule has 5 saturated carbocycles. The zero-order chi connectivity index (χ0) is 32.7. The number of hydrogen-bond acceptors (Lipinski definition) is 5. The van der Waals surface area contributed by atoms with Gasteiger partial charge in [-0.05, 0) is 141 Å². The standard InChI is InChI=1S/C41H58O5/c1-7-8-22-45-37(42)29-12-14-30(15-13-29)38(43)46-24-23-44-36-25-32-34-17-16-33(28(4)11-9-10-27(2)3)39(34,5)20-19-35(32)40(6)21-18-31-26-41(31,36)40/h7,9,11-15,27-28,31-36H,1,8,10,16-26H2,2-6H3/b11-9-/t28-,31-,32+,33-,34+,35+,36-,39-,40-,41+/m1/s1. The maximum atomic E-state index is 12.8. The van der Waals surface area contributed by atoms with Crippen LogP contribution in [0.3, 0.4) is 0 Å². The summed E-state index contributed by atoms with van der Waals surface area (Å²) in [7, 11) is 0. The zero-order valence-electron chi connectivity index (χ0n) is 29.1. The van der Waals surface area contributed by atoms with E-state index in [9.17, 15) is 9.59 Å².